The molecule has 2 heterocycles. The highest BCUT2D eigenvalue weighted by Crippen LogP contribution is 2.30. The molecule has 144 valence electrons. The van der Waals surface area contributed by atoms with E-state index >= 15 is 0 Å². The van der Waals surface area contributed by atoms with Gasteiger partial charge in [0, 0.05) is 23.5 Å². The van der Waals surface area contributed by atoms with Crippen LogP contribution >= 0.6 is 0 Å². The number of nitrogens with one attached hydrogen (secondary N) is 2. The number of carboxylic acid groups (broad SMARTS) is 1. The summed E-state index contributed by atoms with van der Waals surface area (Å²) in [6.07, 6.45) is 2.05. The standard InChI is InChI=1S/C21H20N2O5/c24-20(10-13-5-6-18-19(9-13)28-8-7-27-18)23-17(21(25)26)11-14-12-22-16-4-2-1-3-15(14)16/h1-6,9,12,17,22H,7-8,10-11H2,(H,23,24)(H,25,26)/t17-/m1/s1. The van der Waals surface area contributed by atoms with Gasteiger partial charge >= 0.3 is 5.97 Å². The van der Waals surface area contributed by atoms with Crippen molar-refractivity contribution in [3.05, 3.63) is 59.8 Å². The lowest BCUT2D eigenvalue weighted by molar-refractivity contribution is -0.141. The van der Waals surface area contributed by atoms with Crippen LogP contribution in [0, 0.1) is 0 Å². The maximum absolute atomic E-state index is 12.4. The number of carboxylic acids is 1. The minimum atomic E-state index is -1.07. The quantitative estimate of drug-likeness (QED) is 0.609. The number of H-pyrrole nitrogens is 1. The molecule has 0 unspecified atom stereocenters. The first-order valence-electron chi connectivity index (χ1n) is 9.06. The van der Waals surface area contributed by atoms with Crippen molar-refractivity contribution < 1.29 is 24.2 Å². The molecule has 1 aliphatic rings. The van der Waals surface area contributed by atoms with Gasteiger partial charge in [-0.1, -0.05) is 24.3 Å². The number of carbonyl (C=O) groups is 2. The van der Waals surface area contributed by atoms with Gasteiger partial charge in [-0.25, -0.2) is 4.79 Å². The summed E-state index contributed by atoms with van der Waals surface area (Å²) in [6.45, 7) is 0.968. The third kappa shape index (κ3) is 3.78. The Bertz CT molecular complexity index is 1030. The van der Waals surface area contributed by atoms with Crippen LogP contribution in [0.2, 0.25) is 0 Å². The molecule has 1 atom stereocenters. The second kappa shape index (κ2) is 7.64. The van der Waals surface area contributed by atoms with E-state index in [9.17, 15) is 14.7 Å². The largest absolute Gasteiger partial charge is 0.486 e. The van der Waals surface area contributed by atoms with Crippen LogP contribution in [0.15, 0.2) is 48.7 Å². The van der Waals surface area contributed by atoms with E-state index in [2.05, 4.69) is 10.3 Å². The highest BCUT2D eigenvalue weighted by atomic mass is 16.6. The number of fused-ring (bicyclic) bond motifs is 2. The summed E-state index contributed by atoms with van der Waals surface area (Å²) in [7, 11) is 0. The predicted molar refractivity (Wildman–Crippen MR) is 103 cm³/mol. The number of aromatic amines is 1. The van der Waals surface area contributed by atoms with E-state index in [1.165, 1.54) is 0 Å². The molecule has 0 bridgehead atoms. The van der Waals surface area contributed by atoms with Gasteiger partial charge in [-0.2, -0.15) is 0 Å². The van der Waals surface area contributed by atoms with Crippen LogP contribution in [0.1, 0.15) is 11.1 Å². The molecule has 0 radical (unpaired) electrons. The van der Waals surface area contributed by atoms with E-state index in [-0.39, 0.29) is 18.7 Å². The van der Waals surface area contributed by atoms with Crippen LogP contribution in [-0.2, 0) is 22.4 Å². The van der Waals surface area contributed by atoms with Gasteiger partial charge in [-0.3, -0.25) is 4.79 Å². The van der Waals surface area contributed by atoms with E-state index in [0.29, 0.717) is 24.7 Å². The number of para-hydroxylation sites is 1. The Morgan fingerprint density at radius 2 is 1.89 bits per heavy atom. The molecular weight excluding hydrogens is 360 g/mol. The lowest BCUT2D eigenvalue weighted by Crippen LogP contribution is -2.43. The van der Waals surface area contributed by atoms with Crippen molar-refractivity contribution in [2.75, 3.05) is 13.2 Å². The van der Waals surface area contributed by atoms with Crippen molar-refractivity contribution in [2.45, 2.75) is 18.9 Å². The normalized spacial score (nSPS) is 13.9. The summed E-state index contributed by atoms with van der Waals surface area (Å²) in [5.74, 6) is -0.173. The van der Waals surface area contributed by atoms with Gasteiger partial charge in [0.25, 0.3) is 0 Å². The van der Waals surface area contributed by atoms with Crippen LogP contribution in [0.5, 0.6) is 11.5 Å². The van der Waals surface area contributed by atoms with Crippen molar-refractivity contribution in [1.29, 1.82) is 0 Å². The monoisotopic (exact) mass is 380 g/mol. The van der Waals surface area contributed by atoms with Crippen molar-refractivity contribution in [3.63, 3.8) is 0 Å². The minimum absolute atomic E-state index is 0.0638. The molecule has 0 spiro atoms. The number of aromatic nitrogens is 1. The van der Waals surface area contributed by atoms with E-state index in [0.717, 1.165) is 22.0 Å². The first-order valence-corrected chi connectivity index (χ1v) is 9.06. The molecule has 1 amide bonds. The van der Waals surface area contributed by atoms with E-state index < -0.39 is 12.0 Å². The molecule has 0 fully saturated rings. The molecule has 1 aromatic heterocycles. The second-order valence-electron chi connectivity index (χ2n) is 6.68. The fourth-order valence-electron chi connectivity index (χ4n) is 3.35. The molecule has 4 rings (SSSR count). The summed E-state index contributed by atoms with van der Waals surface area (Å²) in [6, 6.07) is 11.9. The lowest BCUT2D eigenvalue weighted by Gasteiger charge is -2.19. The molecule has 1 aliphatic heterocycles. The number of hydrogen-bond donors (Lipinski definition) is 3. The summed E-state index contributed by atoms with van der Waals surface area (Å²) in [5.41, 5.74) is 2.52. The van der Waals surface area contributed by atoms with Gasteiger partial charge < -0.3 is 24.9 Å². The number of hydrogen-bond acceptors (Lipinski definition) is 4. The van der Waals surface area contributed by atoms with E-state index in [1.807, 2.05) is 24.3 Å². The van der Waals surface area contributed by atoms with E-state index in [4.69, 9.17) is 9.47 Å². The molecule has 3 N–H and O–H groups in total. The van der Waals surface area contributed by atoms with Gasteiger partial charge in [0.05, 0.1) is 6.42 Å². The topological polar surface area (TPSA) is 101 Å². The summed E-state index contributed by atoms with van der Waals surface area (Å²) in [5, 5.41) is 13.1. The maximum atomic E-state index is 12.4. The minimum Gasteiger partial charge on any atom is -0.486 e. The molecule has 3 aromatic rings. The third-order valence-electron chi connectivity index (χ3n) is 4.70. The zero-order valence-electron chi connectivity index (χ0n) is 15.1. The Kier molecular flexibility index (Phi) is 4.89. The van der Waals surface area contributed by atoms with Crippen LogP contribution in [-0.4, -0.2) is 41.2 Å². The first-order chi connectivity index (χ1) is 13.6. The fraction of sp³-hybridized carbons (Fsp3) is 0.238. The van der Waals surface area contributed by atoms with Gasteiger partial charge in [-0.15, -0.1) is 0 Å². The SMILES string of the molecule is O=C(Cc1ccc2c(c1)OCCO2)N[C@H](Cc1c[nH]c2ccccc12)C(=O)O. The average molecular weight is 380 g/mol. The average Bonchev–Trinajstić information content (AvgIpc) is 3.10. The molecule has 0 aliphatic carbocycles. The number of amides is 1. The van der Waals surface area contributed by atoms with Gasteiger partial charge in [0.15, 0.2) is 11.5 Å². The van der Waals surface area contributed by atoms with Crippen molar-refractivity contribution >= 4 is 22.8 Å². The van der Waals surface area contributed by atoms with Crippen LogP contribution in [0.3, 0.4) is 0 Å². The zero-order chi connectivity index (χ0) is 19.5. The summed E-state index contributed by atoms with van der Waals surface area (Å²) < 4.78 is 11.0. The Hall–Kier alpha value is -3.48. The zero-order valence-corrected chi connectivity index (χ0v) is 15.1. The molecule has 7 heteroatoms. The Balaban J connectivity index is 1.44. The molecule has 2 aromatic carbocycles. The maximum Gasteiger partial charge on any atom is 0.326 e. The number of carbonyl (C=O) groups excluding carboxylic acids is 1. The number of ether oxygens (including phenoxy) is 2. The van der Waals surface area contributed by atoms with Gasteiger partial charge in [-0.05, 0) is 29.3 Å². The van der Waals surface area contributed by atoms with Crippen LogP contribution in [0.4, 0.5) is 0 Å². The van der Waals surface area contributed by atoms with Crippen LogP contribution in [0.25, 0.3) is 10.9 Å². The third-order valence-corrected chi connectivity index (χ3v) is 4.70. The predicted octanol–water partition coefficient (Wildman–Crippen LogP) is 2.29. The number of aliphatic carboxylic acids is 1. The highest BCUT2D eigenvalue weighted by Gasteiger charge is 2.22. The van der Waals surface area contributed by atoms with Crippen molar-refractivity contribution in [3.8, 4) is 11.5 Å². The lowest BCUT2D eigenvalue weighted by atomic mass is 10.0. The highest BCUT2D eigenvalue weighted by molar-refractivity contribution is 5.87. The molecule has 7 nitrogen and oxygen atoms in total. The fourth-order valence-corrected chi connectivity index (χ4v) is 3.35. The smallest absolute Gasteiger partial charge is 0.326 e. The summed E-state index contributed by atoms with van der Waals surface area (Å²) >= 11 is 0. The first kappa shape index (κ1) is 17.9. The Morgan fingerprint density at radius 3 is 2.71 bits per heavy atom. The molecule has 28 heavy (non-hydrogen) atoms. The van der Waals surface area contributed by atoms with Crippen LogP contribution < -0.4 is 14.8 Å². The molecule has 0 saturated carbocycles. The second-order valence-corrected chi connectivity index (χ2v) is 6.68. The van der Waals surface area contributed by atoms with Crippen molar-refractivity contribution in [1.82, 2.24) is 10.3 Å². The Labute approximate surface area is 161 Å². The number of benzene rings is 2. The van der Waals surface area contributed by atoms with Gasteiger partial charge in [0.2, 0.25) is 5.91 Å². The van der Waals surface area contributed by atoms with Gasteiger partial charge in [0.1, 0.15) is 19.3 Å². The molecular formula is C21H20N2O5. The summed E-state index contributed by atoms with van der Waals surface area (Å²) in [4.78, 5) is 27.2. The molecule has 0 saturated heterocycles. The van der Waals surface area contributed by atoms with E-state index in [1.54, 1.807) is 24.4 Å². The van der Waals surface area contributed by atoms with Crippen molar-refractivity contribution in [2.24, 2.45) is 0 Å². The number of rotatable bonds is 6. The Morgan fingerprint density at radius 1 is 1.11 bits per heavy atom.